The maximum absolute atomic E-state index is 12.8. The van der Waals surface area contributed by atoms with Crippen LogP contribution in [0.5, 0.6) is 0 Å². The van der Waals surface area contributed by atoms with Crippen molar-refractivity contribution in [3.63, 3.8) is 0 Å². The van der Waals surface area contributed by atoms with E-state index >= 15 is 0 Å². The molecule has 0 spiro atoms. The Balaban J connectivity index is 1.82. The molecule has 7 nitrogen and oxygen atoms in total. The van der Waals surface area contributed by atoms with Gasteiger partial charge in [-0.2, -0.15) is 0 Å². The first-order chi connectivity index (χ1) is 13.7. The van der Waals surface area contributed by atoms with E-state index in [0.29, 0.717) is 23.4 Å². The summed E-state index contributed by atoms with van der Waals surface area (Å²) < 4.78 is 31.9. The third-order valence-corrected chi connectivity index (χ3v) is 7.60. The van der Waals surface area contributed by atoms with Gasteiger partial charge in [0.1, 0.15) is 0 Å². The summed E-state index contributed by atoms with van der Waals surface area (Å²) in [5.41, 5.74) is 2.98. The van der Waals surface area contributed by atoms with Crippen molar-refractivity contribution in [2.24, 2.45) is 0 Å². The van der Waals surface area contributed by atoms with Crippen molar-refractivity contribution in [2.75, 3.05) is 50.6 Å². The number of amides is 1. The molecule has 0 unspecified atom stereocenters. The second-order valence-corrected chi connectivity index (χ2v) is 9.96. The zero-order valence-electron chi connectivity index (χ0n) is 16.6. The number of nitrogens with zero attached hydrogens (tertiary/aromatic N) is 2. The average molecular weight is 482 g/mol. The van der Waals surface area contributed by atoms with Crippen LogP contribution in [0.2, 0.25) is 0 Å². The van der Waals surface area contributed by atoms with Crippen molar-refractivity contribution < 1.29 is 17.9 Å². The van der Waals surface area contributed by atoms with Gasteiger partial charge in [-0.3, -0.25) is 4.79 Å². The van der Waals surface area contributed by atoms with Crippen LogP contribution in [-0.4, -0.2) is 59.0 Å². The number of sulfonamides is 1. The molecule has 1 saturated heterocycles. The molecule has 1 fully saturated rings. The number of carbonyl (C=O) groups excluding carboxylic acids is 1. The monoisotopic (exact) mass is 481 g/mol. The molecule has 0 aliphatic carbocycles. The van der Waals surface area contributed by atoms with Crippen LogP contribution in [0.3, 0.4) is 0 Å². The summed E-state index contributed by atoms with van der Waals surface area (Å²) in [7, 11) is -0.767. The molecule has 0 bridgehead atoms. The second-order valence-electron chi connectivity index (χ2n) is 6.99. The fourth-order valence-electron chi connectivity index (χ4n) is 3.04. The molecule has 2 aromatic rings. The Morgan fingerprint density at radius 2 is 1.83 bits per heavy atom. The number of anilines is 2. The highest BCUT2D eigenvalue weighted by atomic mass is 79.9. The van der Waals surface area contributed by atoms with Gasteiger partial charge in [0.15, 0.2) is 0 Å². The van der Waals surface area contributed by atoms with E-state index in [2.05, 4.69) is 26.1 Å². The Morgan fingerprint density at radius 3 is 2.45 bits per heavy atom. The highest BCUT2D eigenvalue weighted by molar-refractivity contribution is 9.10. The summed E-state index contributed by atoms with van der Waals surface area (Å²) in [6.45, 7) is 5.03. The minimum absolute atomic E-state index is 0.0505. The van der Waals surface area contributed by atoms with Crippen LogP contribution < -0.4 is 10.2 Å². The lowest BCUT2D eigenvalue weighted by Crippen LogP contribution is -2.36. The molecule has 1 N–H and O–H groups in total. The first kappa shape index (κ1) is 21.8. The first-order valence-corrected chi connectivity index (χ1v) is 11.4. The number of hydrogen-bond acceptors (Lipinski definition) is 5. The molecule has 3 rings (SSSR count). The molecule has 2 aromatic carbocycles. The van der Waals surface area contributed by atoms with E-state index in [-0.39, 0.29) is 16.4 Å². The third-order valence-electron chi connectivity index (χ3n) is 4.79. The Morgan fingerprint density at radius 1 is 1.14 bits per heavy atom. The predicted molar refractivity (Wildman–Crippen MR) is 117 cm³/mol. The fourth-order valence-corrected chi connectivity index (χ4v) is 4.88. The molecule has 1 aliphatic heterocycles. The number of morpholine rings is 1. The van der Waals surface area contributed by atoms with E-state index in [1.807, 2.05) is 25.1 Å². The number of benzene rings is 2. The lowest BCUT2D eigenvalue weighted by molar-refractivity contribution is 0.102. The van der Waals surface area contributed by atoms with Gasteiger partial charge in [-0.25, -0.2) is 12.7 Å². The summed E-state index contributed by atoms with van der Waals surface area (Å²) in [4.78, 5) is 15.0. The van der Waals surface area contributed by atoms with Crippen LogP contribution >= 0.6 is 15.9 Å². The average Bonchev–Trinajstić information content (AvgIpc) is 2.70. The van der Waals surface area contributed by atoms with E-state index in [1.165, 1.54) is 20.2 Å². The lowest BCUT2D eigenvalue weighted by Gasteiger charge is -2.29. The Labute approximate surface area is 179 Å². The van der Waals surface area contributed by atoms with Crippen molar-refractivity contribution in [1.29, 1.82) is 0 Å². The highest BCUT2D eigenvalue weighted by Crippen LogP contribution is 2.27. The Kier molecular flexibility index (Phi) is 6.62. The quantitative estimate of drug-likeness (QED) is 0.709. The van der Waals surface area contributed by atoms with E-state index in [4.69, 9.17) is 4.74 Å². The van der Waals surface area contributed by atoms with Gasteiger partial charge in [0.25, 0.3) is 5.91 Å². The van der Waals surface area contributed by atoms with E-state index < -0.39 is 10.0 Å². The smallest absolute Gasteiger partial charge is 0.255 e. The molecule has 1 heterocycles. The number of ether oxygens (including phenoxy) is 1. The van der Waals surface area contributed by atoms with Crippen molar-refractivity contribution in [2.45, 2.75) is 11.8 Å². The van der Waals surface area contributed by atoms with Crippen LogP contribution in [0, 0.1) is 6.92 Å². The zero-order valence-corrected chi connectivity index (χ0v) is 19.0. The normalized spacial score (nSPS) is 14.9. The minimum atomic E-state index is -3.67. The summed E-state index contributed by atoms with van der Waals surface area (Å²) in [6.07, 6.45) is 0. The predicted octanol–water partition coefficient (Wildman–Crippen LogP) is 3.10. The molecular weight excluding hydrogens is 458 g/mol. The number of hydrogen-bond donors (Lipinski definition) is 1. The van der Waals surface area contributed by atoms with Gasteiger partial charge < -0.3 is 15.0 Å². The number of carbonyl (C=O) groups is 1. The van der Waals surface area contributed by atoms with Gasteiger partial charge in [-0.15, -0.1) is 0 Å². The molecule has 1 aliphatic rings. The topological polar surface area (TPSA) is 79.0 Å². The largest absolute Gasteiger partial charge is 0.378 e. The maximum Gasteiger partial charge on any atom is 0.255 e. The third kappa shape index (κ3) is 4.80. The molecule has 156 valence electrons. The van der Waals surface area contributed by atoms with Crippen molar-refractivity contribution >= 4 is 43.2 Å². The molecule has 29 heavy (non-hydrogen) atoms. The van der Waals surface area contributed by atoms with Gasteiger partial charge in [-0.1, -0.05) is 0 Å². The molecular formula is C20H24BrN3O4S. The van der Waals surface area contributed by atoms with Gasteiger partial charge in [-0.05, 0) is 64.8 Å². The summed E-state index contributed by atoms with van der Waals surface area (Å²) in [6, 6.07) is 10.4. The zero-order chi connectivity index (χ0) is 21.2. The Hall–Kier alpha value is -1.94. The minimum Gasteiger partial charge on any atom is -0.378 e. The van der Waals surface area contributed by atoms with Crippen molar-refractivity contribution in [1.82, 2.24) is 4.31 Å². The van der Waals surface area contributed by atoms with Crippen LogP contribution in [0.1, 0.15) is 15.9 Å². The van der Waals surface area contributed by atoms with Crippen molar-refractivity contribution in [3.8, 4) is 0 Å². The van der Waals surface area contributed by atoms with Crippen LogP contribution in [0.15, 0.2) is 45.8 Å². The molecule has 0 radical (unpaired) electrons. The van der Waals surface area contributed by atoms with Crippen molar-refractivity contribution in [3.05, 3.63) is 52.0 Å². The number of aryl methyl sites for hydroxylation is 1. The highest BCUT2D eigenvalue weighted by Gasteiger charge is 2.22. The maximum atomic E-state index is 12.8. The standard InChI is InChI=1S/C20H24BrN3O4S/c1-14-12-16(24-8-10-28-11-9-24)5-7-18(14)22-20(25)15-4-6-17(21)19(13-15)29(26,27)23(2)3/h4-7,12-13H,8-11H2,1-3H3,(H,22,25). The van der Waals surface area contributed by atoms with Gasteiger partial charge in [0.2, 0.25) is 10.0 Å². The lowest BCUT2D eigenvalue weighted by atomic mass is 10.1. The van der Waals surface area contributed by atoms with E-state index in [1.54, 1.807) is 12.1 Å². The fraction of sp³-hybridized carbons (Fsp3) is 0.350. The van der Waals surface area contributed by atoms with Gasteiger partial charge >= 0.3 is 0 Å². The molecule has 9 heteroatoms. The second kappa shape index (κ2) is 8.83. The molecule has 1 amide bonds. The summed E-state index contributed by atoms with van der Waals surface area (Å²) >= 11 is 3.26. The Bertz CT molecular complexity index is 1020. The number of rotatable bonds is 5. The summed E-state index contributed by atoms with van der Waals surface area (Å²) in [5.74, 6) is -0.366. The number of halogens is 1. The van der Waals surface area contributed by atoms with Crippen LogP contribution in [0.25, 0.3) is 0 Å². The van der Waals surface area contributed by atoms with Gasteiger partial charge in [0.05, 0.1) is 18.1 Å². The number of nitrogens with one attached hydrogen (secondary N) is 1. The summed E-state index contributed by atoms with van der Waals surface area (Å²) in [5, 5.41) is 2.88. The first-order valence-electron chi connectivity index (χ1n) is 9.17. The van der Waals surface area contributed by atoms with Crippen LogP contribution in [-0.2, 0) is 14.8 Å². The molecule has 0 aromatic heterocycles. The SMILES string of the molecule is Cc1cc(N2CCOCC2)ccc1NC(=O)c1ccc(Br)c(S(=O)(=O)N(C)C)c1. The molecule has 0 saturated carbocycles. The molecule has 0 atom stereocenters. The van der Waals surface area contributed by atoms with Crippen LogP contribution in [0.4, 0.5) is 11.4 Å². The van der Waals surface area contributed by atoms with E-state index in [9.17, 15) is 13.2 Å². The van der Waals surface area contributed by atoms with Gasteiger partial charge in [0, 0.05) is 48.6 Å². The van der Waals surface area contributed by atoms with E-state index in [0.717, 1.165) is 28.6 Å².